The summed E-state index contributed by atoms with van der Waals surface area (Å²) in [5.74, 6) is 2.59. The molecule has 1 saturated heterocycles. The first kappa shape index (κ1) is 14.2. The molecule has 2 atom stereocenters. The quantitative estimate of drug-likeness (QED) is 0.760. The van der Waals surface area contributed by atoms with Gasteiger partial charge >= 0.3 is 0 Å². The third-order valence-corrected chi connectivity index (χ3v) is 4.31. The number of likely N-dealkylation sites (N-methyl/N-ethyl adjacent to an activating group) is 1. The molecule has 2 aliphatic heterocycles. The number of aromatic nitrogens is 2. The number of nitrogens with two attached hydrogens (primary N) is 1. The van der Waals surface area contributed by atoms with Gasteiger partial charge in [0.05, 0.1) is 6.61 Å². The lowest BCUT2D eigenvalue weighted by atomic mass is 10.2. The Morgan fingerprint density at radius 3 is 3.00 bits per heavy atom. The zero-order valence-corrected chi connectivity index (χ0v) is 12.7. The van der Waals surface area contributed by atoms with E-state index < -0.39 is 0 Å². The first-order valence-corrected chi connectivity index (χ1v) is 7.70. The van der Waals surface area contributed by atoms with E-state index in [1.54, 1.807) is 0 Å². The minimum absolute atomic E-state index is 0.296. The van der Waals surface area contributed by atoms with E-state index in [0.29, 0.717) is 24.6 Å². The molecule has 116 valence electrons. The number of ether oxygens (including phenoxy) is 1. The molecule has 0 radical (unpaired) electrons. The van der Waals surface area contributed by atoms with Gasteiger partial charge in [-0.25, -0.2) is 0 Å². The summed E-state index contributed by atoms with van der Waals surface area (Å²) in [5.41, 5.74) is 5.90. The second-order valence-electron chi connectivity index (χ2n) is 5.69. The fraction of sp³-hybridized carbons (Fsp3) is 0.714. The molecule has 4 N–H and O–H groups in total. The van der Waals surface area contributed by atoms with E-state index in [2.05, 4.69) is 32.4 Å². The van der Waals surface area contributed by atoms with E-state index in [9.17, 15) is 0 Å². The molecular formula is C14H24N6O. The fourth-order valence-corrected chi connectivity index (χ4v) is 2.96. The van der Waals surface area contributed by atoms with Crippen molar-refractivity contribution in [1.29, 1.82) is 0 Å². The lowest BCUT2D eigenvalue weighted by Gasteiger charge is -2.22. The summed E-state index contributed by atoms with van der Waals surface area (Å²) in [4.78, 5) is 11.0. The van der Waals surface area contributed by atoms with Gasteiger partial charge in [-0.15, -0.1) is 0 Å². The van der Waals surface area contributed by atoms with Gasteiger partial charge in [0.1, 0.15) is 0 Å². The minimum atomic E-state index is 0.296. The molecule has 0 amide bonds. The summed E-state index contributed by atoms with van der Waals surface area (Å²) in [6.45, 7) is 4.71. The van der Waals surface area contributed by atoms with E-state index >= 15 is 0 Å². The Morgan fingerprint density at radius 1 is 1.43 bits per heavy atom. The van der Waals surface area contributed by atoms with Crippen LogP contribution in [0.3, 0.4) is 0 Å². The zero-order valence-electron chi connectivity index (χ0n) is 12.7. The van der Waals surface area contributed by atoms with Gasteiger partial charge in [-0.1, -0.05) is 6.92 Å². The van der Waals surface area contributed by atoms with Crippen LogP contribution in [0.2, 0.25) is 0 Å². The highest BCUT2D eigenvalue weighted by Crippen LogP contribution is 2.37. The number of fused-ring (bicyclic) bond motifs is 1. The lowest BCUT2D eigenvalue weighted by molar-refractivity contribution is 0.310. The topological polar surface area (TPSA) is 88.3 Å². The number of rotatable bonds is 3. The van der Waals surface area contributed by atoms with Crippen LogP contribution in [-0.4, -0.2) is 48.8 Å². The number of anilines is 3. The Labute approximate surface area is 125 Å². The van der Waals surface area contributed by atoms with Crippen molar-refractivity contribution in [2.45, 2.75) is 38.3 Å². The van der Waals surface area contributed by atoms with Crippen molar-refractivity contribution in [1.82, 2.24) is 15.3 Å². The zero-order chi connectivity index (χ0) is 14.8. The Kier molecular flexibility index (Phi) is 4.01. The van der Waals surface area contributed by atoms with Crippen LogP contribution < -0.4 is 26.0 Å². The van der Waals surface area contributed by atoms with E-state index in [1.807, 2.05) is 7.05 Å². The Morgan fingerprint density at radius 2 is 2.29 bits per heavy atom. The first-order chi connectivity index (χ1) is 10.2. The molecule has 0 unspecified atom stereocenters. The molecule has 1 aromatic heterocycles. The van der Waals surface area contributed by atoms with E-state index in [4.69, 9.17) is 10.5 Å². The smallest absolute Gasteiger partial charge is 0.224 e. The highest BCUT2D eigenvalue weighted by molar-refractivity contribution is 5.68. The van der Waals surface area contributed by atoms with Crippen LogP contribution in [0.15, 0.2) is 0 Å². The molecule has 7 nitrogen and oxygen atoms in total. The van der Waals surface area contributed by atoms with Crippen molar-refractivity contribution in [2.75, 3.05) is 42.7 Å². The molecule has 0 aromatic carbocycles. The third kappa shape index (κ3) is 2.83. The summed E-state index contributed by atoms with van der Waals surface area (Å²) in [6, 6.07) is 0.857. The lowest BCUT2D eigenvalue weighted by Crippen LogP contribution is -2.30. The SMILES string of the molecule is CC[C@@H]1CCOc2c(nc(N)nc2N2CC[C@@H](NC)C2)N1. The van der Waals surface area contributed by atoms with Gasteiger partial charge in [-0.05, 0) is 19.9 Å². The molecule has 0 aliphatic carbocycles. The molecule has 21 heavy (non-hydrogen) atoms. The normalized spacial score (nSPS) is 25.0. The average Bonchev–Trinajstić information content (AvgIpc) is 2.86. The van der Waals surface area contributed by atoms with Crippen molar-refractivity contribution in [3.05, 3.63) is 0 Å². The van der Waals surface area contributed by atoms with Gasteiger partial charge in [0, 0.05) is 31.6 Å². The van der Waals surface area contributed by atoms with Crippen molar-refractivity contribution in [3.8, 4) is 5.75 Å². The minimum Gasteiger partial charge on any atom is -0.486 e. The maximum Gasteiger partial charge on any atom is 0.224 e. The largest absolute Gasteiger partial charge is 0.486 e. The van der Waals surface area contributed by atoms with Crippen LogP contribution >= 0.6 is 0 Å². The number of nitrogens with zero attached hydrogens (tertiary/aromatic N) is 3. The number of hydrogen-bond donors (Lipinski definition) is 3. The second kappa shape index (κ2) is 5.93. The van der Waals surface area contributed by atoms with E-state index in [0.717, 1.165) is 49.7 Å². The van der Waals surface area contributed by atoms with Gasteiger partial charge in [-0.3, -0.25) is 0 Å². The maximum atomic E-state index is 5.94. The first-order valence-electron chi connectivity index (χ1n) is 7.70. The van der Waals surface area contributed by atoms with Crippen molar-refractivity contribution in [3.63, 3.8) is 0 Å². The monoisotopic (exact) mass is 292 g/mol. The maximum absolute atomic E-state index is 5.94. The van der Waals surface area contributed by atoms with Gasteiger partial charge in [0.15, 0.2) is 11.6 Å². The van der Waals surface area contributed by atoms with Crippen LogP contribution in [0.5, 0.6) is 5.75 Å². The Hall–Kier alpha value is -1.76. The van der Waals surface area contributed by atoms with Crippen molar-refractivity contribution >= 4 is 17.6 Å². The second-order valence-corrected chi connectivity index (χ2v) is 5.69. The summed E-state index contributed by atoms with van der Waals surface area (Å²) < 4.78 is 5.94. The standard InChI is InChI=1S/C14H24N6O/c1-3-9-5-7-21-11-12(17-9)18-14(15)19-13(11)20-6-4-10(8-20)16-2/h9-10,16H,3-8H2,1-2H3,(H3,15,17,18,19)/t9-,10-/m1/s1. The number of hydrogen-bond acceptors (Lipinski definition) is 7. The molecule has 0 spiro atoms. The summed E-state index contributed by atoms with van der Waals surface area (Å²) in [5, 5.41) is 6.75. The predicted octanol–water partition coefficient (Wildman–Crippen LogP) is 0.830. The van der Waals surface area contributed by atoms with Gasteiger partial charge in [0.2, 0.25) is 11.7 Å². The molecule has 0 saturated carbocycles. The van der Waals surface area contributed by atoms with E-state index in [-0.39, 0.29) is 0 Å². The molecule has 3 heterocycles. The number of nitrogens with one attached hydrogen (secondary N) is 2. The Bertz CT molecular complexity index is 508. The summed E-state index contributed by atoms with van der Waals surface area (Å²) in [6.07, 6.45) is 3.10. The third-order valence-electron chi connectivity index (χ3n) is 4.31. The van der Waals surface area contributed by atoms with Crippen molar-refractivity contribution in [2.24, 2.45) is 0 Å². The van der Waals surface area contributed by atoms with Gasteiger partial charge in [-0.2, -0.15) is 9.97 Å². The predicted molar refractivity (Wildman–Crippen MR) is 83.9 cm³/mol. The summed E-state index contributed by atoms with van der Waals surface area (Å²) >= 11 is 0. The highest BCUT2D eigenvalue weighted by Gasteiger charge is 2.29. The van der Waals surface area contributed by atoms with Crippen LogP contribution in [0.1, 0.15) is 26.2 Å². The van der Waals surface area contributed by atoms with E-state index in [1.165, 1.54) is 0 Å². The van der Waals surface area contributed by atoms with Crippen LogP contribution in [-0.2, 0) is 0 Å². The van der Waals surface area contributed by atoms with Crippen LogP contribution in [0.25, 0.3) is 0 Å². The molecule has 7 heteroatoms. The average molecular weight is 292 g/mol. The van der Waals surface area contributed by atoms with Crippen LogP contribution in [0, 0.1) is 0 Å². The van der Waals surface area contributed by atoms with Gasteiger partial charge < -0.3 is 26.0 Å². The molecule has 2 aliphatic rings. The molecule has 0 bridgehead atoms. The molecular weight excluding hydrogens is 268 g/mol. The van der Waals surface area contributed by atoms with Gasteiger partial charge in [0.25, 0.3) is 0 Å². The van der Waals surface area contributed by atoms with Crippen molar-refractivity contribution < 1.29 is 4.74 Å². The molecule has 1 aromatic rings. The molecule has 3 rings (SSSR count). The highest BCUT2D eigenvalue weighted by atomic mass is 16.5. The summed E-state index contributed by atoms with van der Waals surface area (Å²) in [7, 11) is 1.99. The fourth-order valence-electron chi connectivity index (χ4n) is 2.96. The Balaban J connectivity index is 1.92. The molecule has 1 fully saturated rings. The van der Waals surface area contributed by atoms with Crippen LogP contribution in [0.4, 0.5) is 17.6 Å². The number of nitrogen functional groups attached to an aromatic ring is 1.